The van der Waals surface area contributed by atoms with Crippen molar-refractivity contribution in [2.45, 2.75) is 12.7 Å². The van der Waals surface area contributed by atoms with Crippen LogP contribution in [0, 0.1) is 6.92 Å². The monoisotopic (exact) mass is 449 g/mol. The van der Waals surface area contributed by atoms with Crippen LogP contribution < -0.4 is 9.64 Å². The number of carbonyl (C=O) groups is 2. The third-order valence-corrected chi connectivity index (χ3v) is 6.68. The van der Waals surface area contributed by atoms with E-state index in [2.05, 4.69) is 0 Å². The van der Waals surface area contributed by atoms with Gasteiger partial charge in [0.05, 0.1) is 23.3 Å². The lowest BCUT2D eigenvalue weighted by Gasteiger charge is -2.18. The van der Waals surface area contributed by atoms with Gasteiger partial charge in [0.25, 0.3) is 11.8 Å². The lowest BCUT2D eigenvalue weighted by Crippen LogP contribution is -2.32. The number of imide groups is 1. The summed E-state index contributed by atoms with van der Waals surface area (Å²) in [6.45, 7) is 1.80. The third-order valence-electron chi connectivity index (χ3n) is 5.12. The molecule has 2 amide bonds. The Morgan fingerprint density at radius 1 is 0.903 bits per heavy atom. The van der Waals surface area contributed by atoms with Crippen LogP contribution in [0.2, 0.25) is 5.02 Å². The molecule has 0 unspecified atom stereocenters. The maximum absolute atomic E-state index is 13.6. The minimum atomic E-state index is -0.379. The standard InChI is InChI=1S/C25H20ClNO3S/c1-16-19(26)12-8-13-20(16)27-24(28)22(18-11-6-7-14-21(18)30-2)23(25(27)29)31-15-17-9-4-3-5-10-17/h3-14H,15H2,1-2H3. The summed E-state index contributed by atoms with van der Waals surface area (Å²) >= 11 is 7.64. The van der Waals surface area contributed by atoms with Crippen LogP contribution in [0.15, 0.2) is 77.7 Å². The Morgan fingerprint density at radius 2 is 1.61 bits per heavy atom. The van der Waals surface area contributed by atoms with Gasteiger partial charge in [-0.1, -0.05) is 66.2 Å². The Labute approximate surface area is 190 Å². The molecule has 3 aromatic carbocycles. The number of anilines is 1. The van der Waals surface area contributed by atoms with E-state index in [1.807, 2.05) is 42.5 Å². The molecule has 0 radical (unpaired) electrons. The van der Waals surface area contributed by atoms with Crippen LogP contribution in [0.1, 0.15) is 16.7 Å². The van der Waals surface area contributed by atoms with Crippen molar-refractivity contribution in [1.82, 2.24) is 0 Å². The van der Waals surface area contributed by atoms with Gasteiger partial charge in [-0.25, -0.2) is 4.90 Å². The average molecular weight is 450 g/mol. The first-order valence-corrected chi connectivity index (χ1v) is 11.1. The molecule has 0 bridgehead atoms. The number of methoxy groups -OCH3 is 1. The zero-order chi connectivity index (χ0) is 22.0. The number of thioether (sulfide) groups is 1. The van der Waals surface area contributed by atoms with Crippen molar-refractivity contribution in [2.24, 2.45) is 0 Å². The average Bonchev–Trinajstić information content (AvgIpc) is 3.04. The number of ether oxygens (including phenoxy) is 1. The Morgan fingerprint density at radius 3 is 2.35 bits per heavy atom. The zero-order valence-electron chi connectivity index (χ0n) is 17.1. The Hall–Kier alpha value is -3.02. The molecule has 4 nitrogen and oxygen atoms in total. The first kappa shape index (κ1) is 21.2. The fourth-order valence-corrected chi connectivity index (χ4v) is 4.75. The van der Waals surface area contributed by atoms with Crippen molar-refractivity contribution in [2.75, 3.05) is 12.0 Å². The fourth-order valence-electron chi connectivity index (χ4n) is 3.52. The first-order valence-electron chi connectivity index (χ1n) is 9.71. The number of nitrogens with zero attached hydrogens (tertiary/aromatic N) is 1. The largest absolute Gasteiger partial charge is 0.496 e. The summed E-state index contributed by atoms with van der Waals surface area (Å²) in [5.41, 5.74) is 3.19. The van der Waals surface area contributed by atoms with Crippen molar-refractivity contribution in [3.05, 3.63) is 99.4 Å². The summed E-state index contributed by atoms with van der Waals surface area (Å²) in [5, 5.41) is 0.502. The number of benzene rings is 3. The van der Waals surface area contributed by atoms with Crippen molar-refractivity contribution in [3.8, 4) is 5.75 Å². The van der Waals surface area contributed by atoms with Crippen LogP contribution in [0.5, 0.6) is 5.75 Å². The molecule has 1 aliphatic heterocycles. The smallest absolute Gasteiger partial charge is 0.272 e. The number of carbonyl (C=O) groups excluding carboxylic acids is 2. The minimum absolute atomic E-state index is 0.350. The molecular weight excluding hydrogens is 430 g/mol. The number of amides is 2. The van der Waals surface area contributed by atoms with E-state index in [0.29, 0.717) is 43.8 Å². The normalized spacial score (nSPS) is 13.8. The molecule has 1 aliphatic rings. The molecule has 0 aromatic heterocycles. The van der Waals surface area contributed by atoms with E-state index in [4.69, 9.17) is 16.3 Å². The highest BCUT2D eigenvalue weighted by molar-refractivity contribution is 8.03. The van der Waals surface area contributed by atoms with Gasteiger partial charge in [0.2, 0.25) is 0 Å². The van der Waals surface area contributed by atoms with Crippen LogP contribution in [0.25, 0.3) is 5.57 Å². The van der Waals surface area contributed by atoms with Crippen LogP contribution in [0.4, 0.5) is 5.69 Å². The molecule has 0 atom stereocenters. The van der Waals surface area contributed by atoms with E-state index >= 15 is 0 Å². The molecule has 1 heterocycles. The summed E-state index contributed by atoms with van der Waals surface area (Å²) < 4.78 is 5.49. The molecular formula is C25H20ClNO3S. The highest BCUT2D eigenvalue weighted by Crippen LogP contribution is 2.43. The number of hydrogen-bond acceptors (Lipinski definition) is 4. The van der Waals surface area contributed by atoms with E-state index in [1.165, 1.54) is 16.7 Å². The summed E-state index contributed by atoms with van der Waals surface area (Å²) in [6.07, 6.45) is 0. The van der Waals surface area contributed by atoms with Gasteiger partial charge >= 0.3 is 0 Å². The van der Waals surface area contributed by atoms with Crippen molar-refractivity contribution < 1.29 is 14.3 Å². The quantitative estimate of drug-likeness (QED) is 0.441. The van der Waals surface area contributed by atoms with E-state index in [0.717, 1.165) is 5.56 Å². The van der Waals surface area contributed by atoms with Crippen LogP contribution in [0.3, 0.4) is 0 Å². The van der Waals surface area contributed by atoms with Crippen LogP contribution in [-0.2, 0) is 15.3 Å². The van der Waals surface area contributed by atoms with E-state index in [9.17, 15) is 9.59 Å². The van der Waals surface area contributed by atoms with Crippen molar-refractivity contribution >= 4 is 46.4 Å². The molecule has 6 heteroatoms. The maximum Gasteiger partial charge on any atom is 0.272 e. The predicted octanol–water partition coefficient (Wildman–Crippen LogP) is 5.87. The topological polar surface area (TPSA) is 46.6 Å². The van der Waals surface area contributed by atoms with Crippen LogP contribution >= 0.6 is 23.4 Å². The SMILES string of the molecule is COc1ccccc1C1=C(SCc2ccccc2)C(=O)N(c2cccc(Cl)c2C)C1=O. The van der Waals surface area contributed by atoms with Gasteiger partial charge in [-0.05, 0) is 36.2 Å². The Kier molecular flexibility index (Phi) is 6.16. The molecule has 0 fully saturated rings. The highest BCUT2D eigenvalue weighted by Gasteiger charge is 2.41. The van der Waals surface area contributed by atoms with Gasteiger partial charge < -0.3 is 4.74 Å². The second-order valence-corrected chi connectivity index (χ2v) is 8.40. The predicted molar refractivity (Wildman–Crippen MR) is 126 cm³/mol. The lowest BCUT2D eigenvalue weighted by atomic mass is 10.0. The van der Waals surface area contributed by atoms with Crippen molar-refractivity contribution in [3.63, 3.8) is 0 Å². The Bertz CT molecular complexity index is 1190. The maximum atomic E-state index is 13.6. The van der Waals surface area contributed by atoms with E-state index < -0.39 is 0 Å². The number of para-hydroxylation sites is 1. The molecule has 31 heavy (non-hydrogen) atoms. The molecule has 156 valence electrons. The van der Waals surface area contributed by atoms with Gasteiger partial charge in [-0.2, -0.15) is 0 Å². The highest BCUT2D eigenvalue weighted by atomic mass is 35.5. The number of hydrogen-bond donors (Lipinski definition) is 0. The van der Waals surface area contributed by atoms with Crippen LogP contribution in [-0.4, -0.2) is 18.9 Å². The van der Waals surface area contributed by atoms with Gasteiger partial charge in [-0.3, -0.25) is 9.59 Å². The van der Waals surface area contributed by atoms with Crippen molar-refractivity contribution in [1.29, 1.82) is 0 Å². The first-order chi connectivity index (χ1) is 15.0. The lowest BCUT2D eigenvalue weighted by molar-refractivity contribution is -0.119. The van der Waals surface area contributed by atoms with Gasteiger partial charge in [0.1, 0.15) is 5.75 Å². The van der Waals surface area contributed by atoms with E-state index in [-0.39, 0.29) is 11.8 Å². The molecule has 3 aromatic rings. The number of halogens is 1. The molecule has 0 saturated heterocycles. The van der Waals surface area contributed by atoms with Gasteiger partial charge in [0.15, 0.2) is 0 Å². The summed E-state index contributed by atoms with van der Waals surface area (Å²) in [5.74, 6) is 0.379. The van der Waals surface area contributed by atoms with E-state index in [1.54, 1.807) is 44.4 Å². The molecule has 0 spiro atoms. The van der Waals surface area contributed by atoms with Gasteiger partial charge in [0, 0.05) is 16.3 Å². The second-order valence-electron chi connectivity index (χ2n) is 7.01. The molecule has 0 aliphatic carbocycles. The third kappa shape index (κ3) is 3.99. The molecule has 0 N–H and O–H groups in total. The summed E-state index contributed by atoms with van der Waals surface area (Å²) in [4.78, 5) is 28.8. The van der Waals surface area contributed by atoms with Gasteiger partial charge in [-0.15, -0.1) is 11.8 Å². The summed E-state index contributed by atoms with van der Waals surface area (Å²) in [6, 6.07) is 22.3. The number of rotatable bonds is 6. The fraction of sp³-hybridized carbons (Fsp3) is 0.120. The minimum Gasteiger partial charge on any atom is -0.496 e. The summed E-state index contributed by atoms with van der Waals surface area (Å²) in [7, 11) is 1.55. The zero-order valence-corrected chi connectivity index (χ0v) is 18.7. The molecule has 4 rings (SSSR count). The Balaban J connectivity index is 1.82. The molecule has 0 saturated carbocycles. The second kappa shape index (κ2) is 9.00.